The molecule has 4 rings (SSSR count). The third-order valence-corrected chi connectivity index (χ3v) is 7.48. The Morgan fingerprint density at radius 2 is 1.10 bits per heavy atom. The molecule has 2 aromatic carbocycles. The lowest BCUT2D eigenvalue weighted by molar-refractivity contribution is -0.189. The SMILES string of the molecule is Cl.NC1CCC(O)(C2(O)CCC(N(Cc3ccccc3)Cc3ccccc3)CC2)CC1. The Morgan fingerprint density at radius 1 is 0.710 bits per heavy atom. The first-order chi connectivity index (χ1) is 14.5. The minimum atomic E-state index is -0.977. The van der Waals surface area contributed by atoms with Crippen LogP contribution in [0.2, 0.25) is 0 Å². The lowest BCUT2D eigenvalue weighted by Crippen LogP contribution is -2.59. The van der Waals surface area contributed by atoms with Gasteiger partial charge in [-0.2, -0.15) is 0 Å². The van der Waals surface area contributed by atoms with Gasteiger partial charge in [-0.3, -0.25) is 4.90 Å². The van der Waals surface area contributed by atoms with Gasteiger partial charge in [-0.25, -0.2) is 0 Å². The summed E-state index contributed by atoms with van der Waals surface area (Å²) < 4.78 is 0. The second-order valence-corrected chi connectivity index (χ2v) is 9.51. The maximum atomic E-state index is 11.4. The zero-order valence-corrected chi connectivity index (χ0v) is 19.1. The van der Waals surface area contributed by atoms with Crippen molar-refractivity contribution >= 4 is 12.4 Å². The van der Waals surface area contributed by atoms with Crippen LogP contribution in [0.4, 0.5) is 0 Å². The predicted molar refractivity (Wildman–Crippen MR) is 128 cm³/mol. The molecule has 0 atom stereocenters. The van der Waals surface area contributed by atoms with Crippen molar-refractivity contribution in [2.75, 3.05) is 0 Å². The van der Waals surface area contributed by atoms with E-state index in [1.807, 2.05) is 0 Å². The van der Waals surface area contributed by atoms with Crippen LogP contribution in [0.1, 0.15) is 62.5 Å². The van der Waals surface area contributed by atoms with Gasteiger partial charge >= 0.3 is 0 Å². The normalized spacial score (nSPS) is 31.2. The average molecular weight is 445 g/mol. The smallest absolute Gasteiger partial charge is 0.0934 e. The lowest BCUT2D eigenvalue weighted by atomic mass is 9.65. The summed E-state index contributed by atoms with van der Waals surface area (Å²) in [6.07, 6.45) is 5.97. The summed E-state index contributed by atoms with van der Waals surface area (Å²) in [6, 6.07) is 21.8. The zero-order valence-electron chi connectivity index (χ0n) is 18.3. The standard InChI is InChI=1S/C26H36N2O2.ClH/c27-23-11-15-25(29,16-12-23)26(30)17-13-24(14-18-26)28(19-21-7-3-1-4-8-21)20-22-9-5-2-6-10-22;/h1-10,23-24,29-30H,11-20,27H2;1H. The molecule has 0 radical (unpaired) electrons. The van der Waals surface area contributed by atoms with Crippen molar-refractivity contribution in [2.45, 2.75) is 87.7 Å². The molecule has 2 aliphatic rings. The Hall–Kier alpha value is -1.43. The van der Waals surface area contributed by atoms with Crippen molar-refractivity contribution in [3.05, 3.63) is 71.8 Å². The molecule has 2 fully saturated rings. The summed E-state index contributed by atoms with van der Waals surface area (Å²) >= 11 is 0. The highest BCUT2D eigenvalue weighted by atomic mass is 35.5. The molecule has 0 spiro atoms. The van der Waals surface area contributed by atoms with Crippen LogP contribution < -0.4 is 5.73 Å². The maximum absolute atomic E-state index is 11.4. The Bertz CT molecular complexity index is 744. The summed E-state index contributed by atoms with van der Waals surface area (Å²) in [6.45, 7) is 1.80. The highest BCUT2D eigenvalue weighted by Crippen LogP contribution is 2.45. The van der Waals surface area contributed by atoms with E-state index >= 15 is 0 Å². The summed E-state index contributed by atoms with van der Waals surface area (Å²) in [5.74, 6) is 0. The van der Waals surface area contributed by atoms with Crippen LogP contribution in [-0.2, 0) is 13.1 Å². The van der Waals surface area contributed by atoms with E-state index in [2.05, 4.69) is 65.6 Å². The monoisotopic (exact) mass is 444 g/mol. The van der Waals surface area contributed by atoms with E-state index in [1.54, 1.807) is 0 Å². The van der Waals surface area contributed by atoms with Gasteiger partial charge in [0.15, 0.2) is 0 Å². The molecular weight excluding hydrogens is 408 g/mol. The van der Waals surface area contributed by atoms with Crippen molar-refractivity contribution in [1.29, 1.82) is 0 Å². The second-order valence-electron chi connectivity index (χ2n) is 9.51. The van der Waals surface area contributed by atoms with Crippen LogP contribution in [0.5, 0.6) is 0 Å². The molecule has 4 nitrogen and oxygen atoms in total. The van der Waals surface area contributed by atoms with Gasteiger partial charge in [0, 0.05) is 25.2 Å². The van der Waals surface area contributed by atoms with E-state index in [4.69, 9.17) is 5.73 Å². The first-order valence-electron chi connectivity index (χ1n) is 11.5. The minimum Gasteiger partial charge on any atom is -0.387 e. The van der Waals surface area contributed by atoms with Crippen LogP contribution in [0.15, 0.2) is 60.7 Å². The Kier molecular flexibility index (Phi) is 8.17. The summed E-state index contributed by atoms with van der Waals surface area (Å²) in [4.78, 5) is 2.55. The number of rotatable bonds is 6. The molecule has 2 saturated carbocycles. The fourth-order valence-electron chi connectivity index (χ4n) is 5.44. The Balaban J connectivity index is 0.00000272. The number of halogens is 1. The topological polar surface area (TPSA) is 69.7 Å². The van der Waals surface area contributed by atoms with Gasteiger partial charge in [-0.15, -0.1) is 12.4 Å². The van der Waals surface area contributed by atoms with E-state index in [0.29, 0.717) is 31.7 Å². The number of hydrogen-bond donors (Lipinski definition) is 3. The number of aliphatic hydroxyl groups is 2. The molecular formula is C26H37ClN2O2. The minimum absolute atomic E-state index is 0. The molecule has 2 aromatic rings. The maximum Gasteiger partial charge on any atom is 0.0934 e. The zero-order chi connectivity index (χ0) is 21.0. The largest absolute Gasteiger partial charge is 0.387 e. The van der Waals surface area contributed by atoms with Crippen molar-refractivity contribution in [3.63, 3.8) is 0 Å². The van der Waals surface area contributed by atoms with Gasteiger partial charge in [0.1, 0.15) is 0 Å². The van der Waals surface area contributed by atoms with Crippen molar-refractivity contribution in [1.82, 2.24) is 4.90 Å². The Morgan fingerprint density at radius 3 is 1.52 bits per heavy atom. The molecule has 5 heteroatoms. The van der Waals surface area contributed by atoms with Crippen LogP contribution in [-0.4, -0.2) is 38.4 Å². The molecule has 170 valence electrons. The van der Waals surface area contributed by atoms with Gasteiger partial charge < -0.3 is 15.9 Å². The molecule has 0 aromatic heterocycles. The van der Waals surface area contributed by atoms with Crippen LogP contribution in [0, 0.1) is 0 Å². The van der Waals surface area contributed by atoms with Crippen molar-refractivity contribution < 1.29 is 10.2 Å². The van der Waals surface area contributed by atoms with E-state index in [1.165, 1.54) is 11.1 Å². The average Bonchev–Trinajstić information content (AvgIpc) is 2.77. The van der Waals surface area contributed by atoms with Crippen molar-refractivity contribution in [2.24, 2.45) is 5.73 Å². The second kappa shape index (κ2) is 10.5. The highest BCUT2D eigenvalue weighted by Gasteiger charge is 2.51. The molecule has 0 unspecified atom stereocenters. The molecule has 0 bridgehead atoms. The molecule has 2 aliphatic carbocycles. The first kappa shape index (κ1) is 24.2. The molecule has 0 aliphatic heterocycles. The summed E-state index contributed by atoms with van der Waals surface area (Å²) in [5, 5.41) is 22.7. The van der Waals surface area contributed by atoms with E-state index in [9.17, 15) is 10.2 Å². The number of nitrogens with two attached hydrogens (primary N) is 1. The van der Waals surface area contributed by atoms with Crippen LogP contribution in [0.25, 0.3) is 0 Å². The van der Waals surface area contributed by atoms with Gasteiger partial charge in [0.25, 0.3) is 0 Å². The predicted octanol–water partition coefficient (Wildman–Crippen LogP) is 4.42. The fourth-order valence-corrected chi connectivity index (χ4v) is 5.44. The van der Waals surface area contributed by atoms with Gasteiger partial charge in [0.2, 0.25) is 0 Å². The Labute approximate surface area is 192 Å². The number of benzene rings is 2. The van der Waals surface area contributed by atoms with Gasteiger partial charge in [0.05, 0.1) is 11.2 Å². The van der Waals surface area contributed by atoms with Crippen LogP contribution >= 0.6 is 12.4 Å². The third kappa shape index (κ3) is 5.68. The molecule has 0 saturated heterocycles. The quantitative estimate of drug-likeness (QED) is 0.617. The number of hydrogen-bond acceptors (Lipinski definition) is 4. The first-order valence-corrected chi connectivity index (χ1v) is 11.5. The van der Waals surface area contributed by atoms with Crippen molar-refractivity contribution in [3.8, 4) is 0 Å². The van der Waals surface area contributed by atoms with E-state index in [0.717, 1.165) is 38.8 Å². The fraction of sp³-hybridized carbons (Fsp3) is 0.538. The summed E-state index contributed by atoms with van der Waals surface area (Å²) in [7, 11) is 0. The third-order valence-electron chi connectivity index (χ3n) is 7.48. The van der Waals surface area contributed by atoms with E-state index in [-0.39, 0.29) is 18.4 Å². The molecule has 0 heterocycles. The lowest BCUT2D eigenvalue weighted by Gasteiger charge is -2.51. The molecule has 0 amide bonds. The summed E-state index contributed by atoms with van der Waals surface area (Å²) in [5.41, 5.74) is 6.71. The highest BCUT2D eigenvalue weighted by molar-refractivity contribution is 5.85. The van der Waals surface area contributed by atoms with Gasteiger partial charge in [-0.05, 0) is 62.5 Å². The van der Waals surface area contributed by atoms with Gasteiger partial charge in [-0.1, -0.05) is 60.7 Å². The molecule has 4 N–H and O–H groups in total. The van der Waals surface area contributed by atoms with E-state index < -0.39 is 11.2 Å². The molecule has 31 heavy (non-hydrogen) atoms. The van der Waals surface area contributed by atoms with Crippen LogP contribution in [0.3, 0.4) is 0 Å². The number of nitrogens with zero attached hydrogens (tertiary/aromatic N) is 1.